The molecule has 0 aliphatic carbocycles. The van der Waals surface area contributed by atoms with Gasteiger partial charge in [-0.15, -0.1) is 0 Å². The second kappa shape index (κ2) is 6.92. The second-order valence-corrected chi connectivity index (χ2v) is 6.35. The normalized spacial score (nSPS) is 19.8. The quantitative estimate of drug-likeness (QED) is 0.864. The summed E-state index contributed by atoms with van der Waals surface area (Å²) in [6.07, 6.45) is 1.87. The number of aliphatic hydroxyl groups excluding tert-OH is 1. The van der Waals surface area contributed by atoms with Crippen molar-refractivity contribution in [3.63, 3.8) is 0 Å². The van der Waals surface area contributed by atoms with E-state index in [1.165, 1.54) is 0 Å². The Labute approximate surface area is 136 Å². The van der Waals surface area contributed by atoms with Crippen molar-refractivity contribution >= 4 is 5.65 Å². The molecule has 3 heterocycles. The molecule has 1 fully saturated rings. The van der Waals surface area contributed by atoms with E-state index in [-0.39, 0.29) is 12.7 Å². The Morgan fingerprint density at radius 1 is 1.43 bits per heavy atom. The Bertz CT molecular complexity index is 668. The van der Waals surface area contributed by atoms with E-state index in [9.17, 15) is 5.11 Å². The first-order valence-electron chi connectivity index (χ1n) is 8.02. The third kappa shape index (κ3) is 3.53. The Hall–Kier alpha value is -1.54. The van der Waals surface area contributed by atoms with Gasteiger partial charge in [-0.25, -0.2) is 9.50 Å². The number of hydrogen-bond acceptors (Lipinski definition) is 6. The molecule has 2 aromatic rings. The van der Waals surface area contributed by atoms with Gasteiger partial charge in [-0.1, -0.05) is 0 Å². The molecule has 3 rings (SSSR count). The molecule has 23 heavy (non-hydrogen) atoms. The molecule has 1 N–H and O–H groups in total. The molecule has 2 aromatic heterocycles. The highest BCUT2D eigenvalue weighted by atomic mass is 16.5. The summed E-state index contributed by atoms with van der Waals surface area (Å²) < 4.78 is 7.97. The van der Waals surface area contributed by atoms with E-state index < -0.39 is 0 Å². The van der Waals surface area contributed by atoms with Gasteiger partial charge in [-0.3, -0.25) is 4.90 Å². The lowest BCUT2D eigenvalue weighted by Gasteiger charge is -2.33. The largest absolute Gasteiger partial charge is 0.395 e. The van der Waals surface area contributed by atoms with Crippen molar-refractivity contribution in [2.45, 2.75) is 19.6 Å². The predicted molar refractivity (Wildman–Crippen MR) is 87.3 cm³/mol. The average molecular weight is 319 g/mol. The minimum absolute atomic E-state index is 0.0601. The molecule has 1 aliphatic rings. The zero-order chi connectivity index (χ0) is 16.4. The summed E-state index contributed by atoms with van der Waals surface area (Å²) in [7, 11) is 4.09. The van der Waals surface area contributed by atoms with E-state index >= 15 is 0 Å². The lowest BCUT2D eigenvalue weighted by molar-refractivity contribution is -0.0373. The second-order valence-electron chi connectivity index (χ2n) is 6.35. The van der Waals surface area contributed by atoms with E-state index in [0.717, 1.165) is 42.2 Å². The number of morpholine rings is 1. The van der Waals surface area contributed by atoms with Gasteiger partial charge in [-0.05, 0) is 21.0 Å². The van der Waals surface area contributed by atoms with Crippen molar-refractivity contribution in [3.05, 3.63) is 29.2 Å². The predicted octanol–water partition coefficient (Wildman–Crippen LogP) is 0.465. The molecule has 7 nitrogen and oxygen atoms in total. The van der Waals surface area contributed by atoms with E-state index in [1.807, 2.05) is 37.8 Å². The fourth-order valence-electron chi connectivity index (χ4n) is 3.12. The monoisotopic (exact) mass is 319 g/mol. The first-order valence-corrected chi connectivity index (χ1v) is 8.02. The van der Waals surface area contributed by atoms with Crippen LogP contribution >= 0.6 is 0 Å². The number of aryl methyl sites for hydroxylation is 1. The zero-order valence-corrected chi connectivity index (χ0v) is 14.1. The van der Waals surface area contributed by atoms with Crippen LogP contribution in [0.4, 0.5) is 0 Å². The first-order chi connectivity index (χ1) is 11.1. The summed E-state index contributed by atoms with van der Waals surface area (Å²) in [6.45, 7) is 5.89. The van der Waals surface area contributed by atoms with Crippen molar-refractivity contribution in [3.8, 4) is 0 Å². The molecule has 0 amide bonds. The summed E-state index contributed by atoms with van der Waals surface area (Å²) in [6, 6.07) is 1.98. The Morgan fingerprint density at radius 3 is 3.00 bits per heavy atom. The van der Waals surface area contributed by atoms with Crippen molar-refractivity contribution < 1.29 is 9.84 Å². The molecule has 1 atom stereocenters. The highest BCUT2D eigenvalue weighted by molar-refractivity contribution is 5.42. The molecule has 0 saturated carbocycles. The number of aromatic nitrogens is 3. The van der Waals surface area contributed by atoms with Gasteiger partial charge in [0.25, 0.3) is 0 Å². The highest BCUT2D eigenvalue weighted by Gasteiger charge is 2.27. The van der Waals surface area contributed by atoms with Crippen molar-refractivity contribution in [1.29, 1.82) is 0 Å². The summed E-state index contributed by atoms with van der Waals surface area (Å²) in [5, 5.41) is 13.8. The number of β-amino-alcohol motifs (C(OH)–C–C–N with tert-alkyl or cyclic N) is 1. The van der Waals surface area contributed by atoms with Crippen molar-refractivity contribution in [1.82, 2.24) is 24.4 Å². The van der Waals surface area contributed by atoms with Gasteiger partial charge in [0.2, 0.25) is 0 Å². The first kappa shape index (κ1) is 16.3. The summed E-state index contributed by atoms with van der Waals surface area (Å²) in [5.41, 5.74) is 3.99. The molecule has 0 spiro atoms. The fourth-order valence-corrected chi connectivity index (χ4v) is 3.12. The topological polar surface area (TPSA) is 66.1 Å². The summed E-state index contributed by atoms with van der Waals surface area (Å²) >= 11 is 0. The van der Waals surface area contributed by atoms with Crippen LogP contribution in [-0.4, -0.2) is 76.4 Å². The van der Waals surface area contributed by atoms with Gasteiger partial charge in [0.05, 0.1) is 24.6 Å². The van der Waals surface area contributed by atoms with Crippen molar-refractivity contribution in [2.24, 2.45) is 0 Å². The third-order valence-electron chi connectivity index (χ3n) is 4.08. The summed E-state index contributed by atoms with van der Waals surface area (Å²) in [5.74, 6) is 0. The van der Waals surface area contributed by atoms with E-state index in [0.29, 0.717) is 13.2 Å². The van der Waals surface area contributed by atoms with Crippen LogP contribution in [0.5, 0.6) is 0 Å². The minimum Gasteiger partial charge on any atom is -0.395 e. The number of rotatable bonds is 5. The van der Waals surface area contributed by atoms with Crippen LogP contribution in [-0.2, 0) is 11.3 Å². The van der Waals surface area contributed by atoms with Crippen molar-refractivity contribution in [2.75, 3.05) is 46.9 Å². The number of ether oxygens (including phenoxy) is 1. The number of aliphatic hydroxyl groups is 1. The van der Waals surface area contributed by atoms with Crippen LogP contribution < -0.4 is 0 Å². The van der Waals surface area contributed by atoms with Crippen LogP contribution in [0.1, 0.15) is 23.1 Å². The van der Waals surface area contributed by atoms with E-state index in [4.69, 9.17) is 4.74 Å². The molecule has 7 heteroatoms. The standard InChI is InChI=1S/C16H25N5O2/c1-12-8-15-17-9-13(10-19(2)3)16(21(15)18-12)14-11-20(4-6-22)5-7-23-14/h8-9,14,22H,4-7,10-11H2,1-3H3/t14-/m0/s1. The zero-order valence-electron chi connectivity index (χ0n) is 14.1. The van der Waals surface area contributed by atoms with Crippen LogP contribution in [0.2, 0.25) is 0 Å². The highest BCUT2D eigenvalue weighted by Crippen LogP contribution is 2.26. The number of fused-ring (bicyclic) bond motifs is 1. The Kier molecular flexibility index (Phi) is 4.91. The molecule has 0 radical (unpaired) electrons. The molecule has 0 unspecified atom stereocenters. The van der Waals surface area contributed by atoms with Crippen LogP contribution in [0.3, 0.4) is 0 Å². The molecular formula is C16H25N5O2. The smallest absolute Gasteiger partial charge is 0.155 e. The number of nitrogens with zero attached hydrogens (tertiary/aromatic N) is 5. The van der Waals surface area contributed by atoms with Gasteiger partial charge in [-0.2, -0.15) is 5.10 Å². The Morgan fingerprint density at radius 2 is 2.26 bits per heavy atom. The maximum atomic E-state index is 9.21. The minimum atomic E-state index is -0.0601. The lowest BCUT2D eigenvalue weighted by Crippen LogP contribution is -2.40. The van der Waals surface area contributed by atoms with Crippen LogP contribution in [0.15, 0.2) is 12.3 Å². The maximum Gasteiger partial charge on any atom is 0.155 e. The van der Waals surface area contributed by atoms with Gasteiger partial charge < -0.3 is 14.7 Å². The molecule has 1 saturated heterocycles. The third-order valence-corrected chi connectivity index (χ3v) is 4.08. The van der Waals surface area contributed by atoms with Gasteiger partial charge in [0.15, 0.2) is 5.65 Å². The molecule has 0 aromatic carbocycles. The molecule has 0 bridgehead atoms. The van der Waals surface area contributed by atoms with Gasteiger partial charge >= 0.3 is 0 Å². The van der Waals surface area contributed by atoms with Crippen LogP contribution in [0, 0.1) is 6.92 Å². The van der Waals surface area contributed by atoms with E-state index in [1.54, 1.807) is 0 Å². The SMILES string of the molecule is Cc1cc2ncc(CN(C)C)c([C@@H]3CN(CCO)CCO3)n2n1. The number of hydrogen-bond donors (Lipinski definition) is 1. The van der Waals surface area contributed by atoms with Crippen LogP contribution in [0.25, 0.3) is 5.65 Å². The Balaban J connectivity index is 2.01. The van der Waals surface area contributed by atoms with Gasteiger partial charge in [0.1, 0.15) is 6.10 Å². The average Bonchev–Trinajstić information content (AvgIpc) is 2.87. The molecular weight excluding hydrogens is 294 g/mol. The van der Waals surface area contributed by atoms with E-state index in [2.05, 4.69) is 19.9 Å². The fraction of sp³-hybridized carbons (Fsp3) is 0.625. The van der Waals surface area contributed by atoms with Gasteiger partial charge in [0, 0.05) is 44.0 Å². The lowest BCUT2D eigenvalue weighted by atomic mass is 10.1. The molecule has 1 aliphatic heterocycles. The maximum absolute atomic E-state index is 9.21. The summed E-state index contributed by atoms with van der Waals surface area (Å²) in [4.78, 5) is 8.88. The molecule has 126 valence electrons.